The van der Waals surface area contributed by atoms with Gasteiger partial charge in [-0.3, -0.25) is 4.79 Å². The molecule has 1 N–H and O–H groups in total. The van der Waals surface area contributed by atoms with E-state index in [1.807, 2.05) is 0 Å². The number of carbonyl (C=O) groups excluding carboxylic acids is 1. The molecule has 2 nitrogen and oxygen atoms in total. The summed E-state index contributed by atoms with van der Waals surface area (Å²) in [6, 6.07) is 0. The Kier molecular flexibility index (Phi) is 4.39. The first kappa shape index (κ1) is 12.1. The Morgan fingerprint density at radius 3 is 2.44 bits per heavy atom. The molecule has 0 radical (unpaired) electrons. The van der Waals surface area contributed by atoms with Crippen LogP contribution in [-0.2, 0) is 4.79 Å². The molecule has 0 amide bonds. The molecule has 0 spiro atoms. The highest BCUT2D eigenvalue weighted by molar-refractivity contribution is 5.81. The predicted molar refractivity (Wildman–Crippen MR) is 64.2 cm³/mol. The lowest BCUT2D eigenvalue weighted by Gasteiger charge is -2.27. The summed E-state index contributed by atoms with van der Waals surface area (Å²) in [5.74, 6) is 0.882. The molecule has 2 rings (SSSR count). The number of hydrogen-bond acceptors (Lipinski definition) is 2. The summed E-state index contributed by atoms with van der Waals surface area (Å²) in [6.07, 6.45) is 10.6. The first-order valence-electron chi connectivity index (χ1n) is 7.00. The summed E-state index contributed by atoms with van der Waals surface area (Å²) in [4.78, 5) is 12.1. The molecule has 0 bridgehead atoms. The molecule has 0 aliphatic heterocycles. The van der Waals surface area contributed by atoms with Gasteiger partial charge in [-0.05, 0) is 31.6 Å². The molecule has 2 saturated carbocycles. The van der Waals surface area contributed by atoms with Crippen molar-refractivity contribution < 1.29 is 9.90 Å². The number of rotatable bonds is 1. The Labute approximate surface area is 98.4 Å². The van der Waals surface area contributed by atoms with Crippen molar-refractivity contribution in [3.05, 3.63) is 0 Å². The number of Topliss-reactive ketones (excluding diaryl/α,β-unsaturated/α-hetero) is 1. The molecule has 92 valence electrons. The molecule has 0 saturated heterocycles. The summed E-state index contributed by atoms with van der Waals surface area (Å²) in [7, 11) is 0. The van der Waals surface area contributed by atoms with E-state index in [0.29, 0.717) is 5.78 Å². The monoisotopic (exact) mass is 224 g/mol. The SMILES string of the molecule is O=C1CCCCCC1C1CCCCCC1O. The summed E-state index contributed by atoms with van der Waals surface area (Å²) in [6.45, 7) is 0. The first-order chi connectivity index (χ1) is 7.79. The molecule has 3 atom stereocenters. The van der Waals surface area contributed by atoms with Crippen molar-refractivity contribution in [1.29, 1.82) is 0 Å². The Balaban J connectivity index is 2.04. The zero-order chi connectivity index (χ0) is 11.4. The maximum atomic E-state index is 12.1. The average molecular weight is 224 g/mol. The lowest BCUT2D eigenvalue weighted by molar-refractivity contribution is -0.126. The molecule has 0 heterocycles. The number of hydrogen-bond donors (Lipinski definition) is 1. The second-order valence-corrected chi connectivity index (χ2v) is 5.54. The van der Waals surface area contributed by atoms with Crippen molar-refractivity contribution in [1.82, 2.24) is 0 Å². The number of carbonyl (C=O) groups is 1. The van der Waals surface area contributed by atoms with Crippen LogP contribution in [0, 0.1) is 11.8 Å². The first-order valence-corrected chi connectivity index (χ1v) is 7.00. The van der Waals surface area contributed by atoms with E-state index >= 15 is 0 Å². The average Bonchev–Trinajstić information content (AvgIpc) is 2.59. The Morgan fingerprint density at radius 2 is 1.56 bits per heavy atom. The lowest BCUT2D eigenvalue weighted by Crippen LogP contribution is -2.31. The van der Waals surface area contributed by atoms with Crippen LogP contribution < -0.4 is 0 Å². The van der Waals surface area contributed by atoms with Gasteiger partial charge in [-0.25, -0.2) is 0 Å². The minimum Gasteiger partial charge on any atom is -0.393 e. The van der Waals surface area contributed by atoms with Gasteiger partial charge in [0.1, 0.15) is 5.78 Å². The molecular formula is C14H24O2. The quantitative estimate of drug-likeness (QED) is 0.695. The summed E-state index contributed by atoms with van der Waals surface area (Å²) >= 11 is 0. The molecule has 2 heteroatoms. The van der Waals surface area contributed by atoms with Gasteiger partial charge in [0.05, 0.1) is 6.10 Å². The van der Waals surface area contributed by atoms with Gasteiger partial charge >= 0.3 is 0 Å². The molecule has 16 heavy (non-hydrogen) atoms. The van der Waals surface area contributed by atoms with Crippen LogP contribution in [0.1, 0.15) is 64.2 Å². The molecule has 2 aliphatic carbocycles. The fraction of sp³-hybridized carbons (Fsp3) is 0.929. The smallest absolute Gasteiger partial charge is 0.136 e. The zero-order valence-corrected chi connectivity index (χ0v) is 10.2. The van der Waals surface area contributed by atoms with Crippen LogP contribution in [0.2, 0.25) is 0 Å². The van der Waals surface area contributed by atoms with Crippen LogP contribution in [0.4, 0.5) is 0 Å². The third kappa shape index (κ3) is 2.85. The third-order valence-electron chi connectivity index (χ3n) is 4.40. The summed E-state index contributed by atoms with van der Waals surface area (Å²) in [5, 5.41) is 10.2. The zero-order valence-electron chi connectivity index (χ0n) is 10.2. The molecular weight excluding hydrogens is 200 g/mol. The normalized spacial score (nSPS) is 37.8. The molecule has 0 aromatic rings. The van der Waals surface area contributed by atoms with Crippen molar-refractivity contribution in [3.8, 4) is 0 Å². The Bertz CT molecular complexity index is 237. The highest BCUT2D eigenvalue weighted by Gasteiger charge is 2.34. The van der Waals surface area contributed by atoms with Gasteiger partial charge in [0.25, 0.3) is 0 Å². The molecule has 0 aromatic carbocycles. The van der Waals surface area contributed by atoms with Crippen LogP contribution >= 0.6 is 0 Å². The van der Waals surface area contributed by atoms with Gasteiger partial charge in [-0.15, -0.1) is 0 Å². The third-order valence-corrected chi connectivity index (χ3v) is 4.40. The summed E-state index contributed by atoms with van der Waals surface area (Å²) < 4.78 is 0. The van der Waals surface area contributed by atoms with Gasteiger partial charge in [0, 0.05) is 12.3 Å². The minimum atomic E-state index is -0.213. The maximum absolute atomic E-state index is 12.1. The van der Waals surface area contributed by atoms with E-state index in [1.54, 1.807) is 0 Å². The van der Waals surface area contributed by atoms with E-state index in [1.165, 1.54) is 25.7 Å². The van der Waals surface area contributed by atoms with E-state index in [0.717, 1.165) is 38.5 Å². The molecule has 2 fully saturated rings. The predicted octanol–water partition coefficient (Wildman–Crippen LogP) is 3.08. The van der Waals surface area contributed by atoms with Crippen LogP contribution in [0.25, 0.3) is 0 Å². The van der Waals surface area contributed by atoms with Gasteiger partial charge < -0.3 is 5.11 Å². The number of aliphatic hydroxyl groups excluding tert-OH is 1. The van der Waals surface area contributed by atoms with Crippen molar-refractivity contribution in [2.75, 3.05) is 0 Å². The fourth-order valence-electron chi connectivity index (χ4n) is 3.43. The second kappa shape index (κ2) is 5.81. The van der Waals surface area contributed by atoms with Crippen molar-refractivity contribution in [2.45, 2.75) is 70.3 Å². The summed E-state index contributed by atoms with van der Waals surface area (Å²) in [5.41, 5.74) is 0. The van der Waals surface area contributed by atoms with Crippen LogP contribution in [0.5, 0.6) is 0 Å². The van der Waals surface area contributed by atoms with Crippen LogP contribution in [0.15, 0.2) is 0 Å². The van der Waals surface area contributed by atoms with Crippen molar-refractivity contribution in [3.63, 3.8) is 0 Å². The number of aliphatic hydroxyl groups is 1. The largest absolute Gasteiger partial charge is 0.393 e. The number of ketones is 1. The lowest BCUT2D eigenvalue weighted by atomic mass is 9.79. The highest BCUT2D eigenvalue weighted by Crippen LogP contribution is 2.35. The van der Waals surface area contributed by atoms with Crippen LogP contribution in [0.3, 0.4) is 0 Å². The topological polar surface area (TPSA) is 37.3 Å². The van der Waals surface area contributed by atoms with E-state index in [9.17, 15) is 9.90 Å². The van der Waals surface area contributed by atoms with Crippen molar-refractivity contribution >= 4 is 5.78 Å². The maximum Gasteiger partial charge on any atom is 0.136 e. The van der Waals surface area contributed by atoms with Gasteiger partial charge in [-0.2, -0.15) is 0 Å². The van der Waals surface area contributed by atoms with Crippen molar-refractivity contribution in [2.24, 2.45) is 11.8 Å². The van der Waals surface area contributed by atoms with Gasteiger partial charge in [-0.1, -0.05) is 32.1 Å². The second-order valence-electron chi connectivity index (χ2n) is 5.54. The van der Waals surface area contributed by atoms with E-state index in [4.69, 9.17) is 0 Å². The Hall–Kier alpha value is -0.370. The molecule has 2 aliphatic rings. The van der Waals surface area contributed by atoms with E-state index in [-0.39, 0.29) is 17.9 Å². The fourth-order valence-corrected chi connectivity index (χ4v) is 3.43. The molecule has 3 unspecified atom stereocenters. The standard InChI is InChI=1S/C14H24O2/c15-13-9-5-1-3-7-11(13)12-8-4-2-6-10-14(12)16/h11-13,15H,1-10H2. The Morgan fingerprint density at radius 1 is 0.875 bits per heavy atom. The van der Waals surface area contributed by atoms with Gasteiger partial charge in [0.2, 0.25) is 0 Å². The van der Waals surface area contributed by atoms with Gasteiger partial charge in [0.15, 0.2) is 0 Å². The molecule has 0 aromatic heterocycles. The minimum absolute atomic E-state index is 0.176. The highest BCUT2D eigenvalue weighted by atomic mass is 16.3. The van der Waals surface area contributed by atoms with Crippen LogP contribution in [-0.4, -0.2) is 17.0 Å². The van der Waals surface area contributed by atoms with E-state index in [2.05, 4.69) is 0 Å². The van der Waals surface area contributed by atoms with E-state index < -0.39 is 0 Å².